The van der Waals surface area contributed by atoms with E-state index < -0.39 is 0 Å². The summed E-state index contributed by atoms with van der Waals surface area (Å²) in [6, 6.07) is 0. The molecular formula is C11H14O. The van der Waals surface area contributed by atoms with Crippen LogP contribution in [0.25, 0.3) is 0 Å². The number of rotatable bonds is 0. The Balaban J connectivity index is 2.27. The largest absolute Gasteiger partial charge is 0.494 e. The first-order valence-electron chi connectivity index (χ1n) is 4.56. The molecule has 0 spiro atoms. The third-order valence-corrected chi connectivity index (χ3v) is 2.34. The zero-order valence-electron chi connectivity index (χ0n) is 7.47. The molecule has 0 radical (unpaired) electrons. The molecular weight excluding hydrogens is 148 g/mol. The highest BCUT2D eigenvalue weighted by Gasteiger charge is 2.12. The number of hydrogen-bond acceptors (Lipinski definition) is 1. The summed E-state index contributed by atoms with van der Waals surface area (Å²) in [5.74, 6) is 1.12. The van der Waals surface area contributed by atoms with Crippen LogP contribution in [-0.2, 0) is 4.74 Å². The van der Waals surface area contributed by atoms with Crippen molar-refractivity contribution in [3.05, 3.63) is 35.1 Å². The van der Waals surface area contributed by atoms with Crippen molar-refractivity contribution in [3.63, 3.8) is 0 Å². The Morgan fingerprint density at radius 2 is 2.25 bits per heavy atom. The Kier molecular flexibility index (Phi) is 2.03. The summed E-state index contributed by atoms with van der Waals surface area (Å²) in [7, 11) is 0. The average molecular weight is 162 g/mol. The van der Waals surface area contributed by atoms with E-state index in [-0.39, 0.29) is 0 Å². The molecule has 0 aromatic rings. The second-order valence-corrected chi connectivity index (χ2v) is 3.43. The molecule has 0 aromatic carbocycles. The molecule has 1 heterocycles. The lowest BCUT2D eigenvalue weighted by Crippen LogP contribution is -2.05. The van der Waals surface area contributed by atoms with Crippen LogP contribution in [0.1, 0.15) is 26.2 Å². The summed E-state index contributed by atoms with van der Waals surface area (Å²) in [6.45, 7) is 3.05. The Bertz CT molecular complexity index is 269. The van der Waals surface area contributed by atoms with Gasteiger partial charge in [0.2, 0.25) is 0 Å². The van der Waals surface area contributed by atoms with Crippen LogP contribution in [0.4, 0.5) is 0 Å². The van der Waals surface area contributed by atoms with Gasteiger partial charge in [0, 0.05) is 0 Å². The molecule has 64 valence electrons. The number of allylic oxidation sites excluding steroid dienone is 5. The highest BCUT2D eigenvalue weighted by Crippen LogP contribution is 2.26. The minimum atomic E-state index is 0.891. The minimum Gasteiger partial charge on any atom is -0.494 e. The van der Waals surface area contributed by atoms with Gasteiger partial charge in [0.25, 0.3) is 0 Å². The molecule has 0 aromatic heterocycles. The molecule has 0 saturated carbocycles. The molecule has 2 rings (SSSR count). The van der Waals surface area contributed by atoms with E-state index in [1.807, 2.05) is 0 Å². The lowest BCUT2D eigenvalue weighted by molar-refractivity contribution is 0.193. The van der Waals surface area contributed by atoms with Gasteiger partial charge in [-0.2, -0.15) is 0 Å². The van der Waals surface area contributed by atoms with Gasteiger partial charge in [-0.25, -0.2) is 0 Å². The van der Waals surface area contributed by atoms with Crippen LogP contribution >= 0.6 is 0 Å². The fraction of sp³-hybridized carbons (Fsp3) is 0.455. The molecule has 1 aliphatic heterocycles. The summed E-state index contributed by atoms with van der Waals surface area (Å²) in [5, 5.41) is 0. The van der Waals surface area contributed by atoms with E-state index in [9.17, 15) is 0 Å². The highest BCUT2D eigenvalue weighted by molar-refractivity contribution is 5.35. The van der Waals surface area contributed by atoms with Crippen molar-refractivity contribution in [1.82, 2.24) is 0 Å². The molecule has 1 heteroatoms. The van der Waals surface area contributed by atoms with E-state index in [2.05, 4.69) is 25.2 Å². The minimum absolute atomic E-state index is 0.891. The highest BCUT2D eigenvalue weighted by atomic mass is 16.5. The van der Waals surface area contributed by atoms with Crippen LogP contribution in [0.2, 0.25) is 0 Å². The molecule has 0 amide bonds. The van der Waals surface area contributed by atoms with E-state index in [1.54, 1.807) is 0 Å². The van der Waals surface area contributed by atoms with Crippen molar-refractivity contribution in [2.75, 3.05) is 6.61 Å². The molecule has 12 heavy (non-hydrogen) atoms. The Hall–Kier alpha value is -0.980. The summed E-state index contributed by atoms with van der Waals surface area (Å²) in [5.41, 5.74) is 2.78. The van der Waals surface area contributed by atoms with Crippen molar-refractivity contribution in [2.45, 2.75) is 26.2 Å². The van der Waals surface area contributed by atoms with Crippen LogP contribution in [0, 0.1) is 0 Å². The van der Waals surface area contributed by atoms with Gasteiger partial charge in [0.15, 0.2) is 0 Å². The standard InChI is InChI=1S/C11H14O/c1-9-4-6-10-3-2-8-12-11(10)7-5-9/h4,6-7H,2-3,5,8H2,1H3. The van der Waals surface area contributed by atoms with Gasteiger partial charge in [-0.15, -0.1) is 0 Å². The molecule has 0 atom stereocenters. The second kappa shape index (κ2) is 3.18. The normalized spacial score (nSPS) is 22.6. The fourth-order valence-corrected chi connectivity index (χ4v) is 1.58. The van der Waals surface area contributed by atoms with Gasteiger partial charge in [0.1, 0.15) is 5.76 Å². The summed E-state index contributed by atoms with van der Waals surface area (Å²) in [6.07, 6.45) is 9.98. The lowest BCUT2D eigenvalue weighted by Gasteiger charge is -2.18. The fourth-order valence-electron chi connectivity index (χ4n) is 1.58. The second-order valence-electron chi connectivity index (χ2n) is 3.43. The van der Waals surface area contributed by atoms with Crippen molar-refractivity contribution >= 4 is 0 Å². The van der Waals surface area contributed by atoms with Gasteiger partial charge in [-0.05, 0) is 37.8 Å². The van der Waals surface area contributed by atoms with Gasteiger partial charge < -0.3 is 4.74 Å². The lowest BCUT2D eigenvalue weighted by atomic mass is 10.1. The topological polar surface area (TPSA) is 9.23 Å². The summed E-state index contributed by atoms with van der Waals surface area (Å²) in [4.78, 5) is 0. The van der Waals surface area contributed by atoms with E-state index >= 15 is 0 Å². The maximum atomic E-state index is 5.57. The van der Waals surface area contributed by atoms with Gasteiger partial charge in [-0.3, -0.25) is 0 Å². The van der Waals surface area contributed by atoms with Crippen molar-refractivity contribution in [1.29, 1.82) is 0 Å². The SMILES string of the molecule is CC1=CC=C2CCCOC2=CC1. The predicted octanol–water partition coefficient (Wildman–Crippen LogP) is 2.96. The molecule has 1 nitrogen and oxygen atoms in total. The number of hydrogen-bond donors (Lipinski definition) is 0. The Labute approximate surface area is 73.4 Å². The molecule has 2 aliphatic rings. The van der Waals surface area contributed by atoms with Gasteiger partial charge in [-0.1, -0.05) is 17.7 Å². The zero-order valence-corrected chi connectivity index (χ0v) is 7.47. The summed E-state index contributed by atoms with van der Waals surface area (Å²) < 4.78 is 5.57. The Morgan fingerprint density at radius 1 is 1.33 bits per heavy atom. The van der Waals surface area contributed by atoms with Crippen molar-refractivity contribution < 1.29 is 4.74 Å². The van der Waals surface area contributed by atoms with Gasteiger partial charge in [0.05, 0.1) is 6.61 Å². The molecule has 1 aliphatic carbocycles. The molecule has 1 saturated heterocycles. The van der Waals surface area contributed by atoms with E-state index in [0.29, 0.717) is 0 Å². The van der Waals surface area contributed by atoms with Gasteiger partial charge >= 0.3 is 0 Å². The maximum absolute atomic E-state index is 5.57. The van der Waals surface area contributed by atoms with E-state index in [4.69, 9.17) is 4.74 Å². The maximum Gasteiger partial charge on any atom is 0.118 e. The smallest absolute Gasteiger partial charge is 0.118 e. The van der Waals surface area contributed by atoms with E-state index in [1.165, 1.54) is 17.6 Å². The van der Waals surface area contributed by atoms with E-state index in [0.717, 1.165) is 25.2 Å². The van der Waals surface area contributed by atoms with Crippen LogP contribution in [0.3, 0.4) is 0 Å². The van der Waals surface area contributed by atoms with Crippen LogP contribution in [-0.4, -0.2) is 6.61 Å². The zero-order chi connectivity index (χ0) is 8.39. The summed E-state index contributed by atoms with van der Waals surface area (Å²) >= 11 is 0. The van der Waals surface area contributed by atoms with Crippen molar-refractivity contribution in [3.8, 4) is 0 Å². The molecule has 0 bridgehead atoms. The first-order chi connectivity index (χ1) is 5.86. The first kappa shape index (κ1) is 7.66. The average Bonchev–Trinajstić information content (AvgIpc) is 2.29. The van der Waals surface area contributed by atoms with Crippen LogP contribution in [0.5, 0.6) is 0 Å². The third-order valence-electron chi connectivity index (χ3n) is 2.34. The van der Waals surface area contributed by atoms with Crippen LogP contribution in [0.15, 0.2) is 35.1 Å². The molecule has 0 unspecified atom stereocenters. The predicted molar refractivity (Wildman–Crippen MR) is 49.7 cm³/mol. The molecule has 0 N–H and O–H groups in total. The Morgan fingerprint density at radius 3 is 3.17 bits per heavy atom. The number of fused-ring (bicyclic) bond motifs is 1. The first-order valence-corrected chi connectivity index (χ1v) is 4.56. The van der Waals surface area contributed by atoms with Crippen LogP contribution < -0.4 is 0 Å². The van der Waals surface area contributed by atoms with Crippen molar-refractivity contribution in [2.24, 2.45) is 0 Å². The quantitative estimate of drug-likeness (QED) is 0.532. The monoisotopic (exact) mass is 162 g/mol. The third kappa shape index (κ3) is 1.45. The molecule has 1 fully saturated rings. The number of ether oxygens (including phenoxy) is 1.